The summed E-state index contributed by atoms with van der Waals surface area (Å²) in [6.45, 7) is 8.62. The van der Waals surface area contributed by atoms with Gasteiger partial charge in [-0.2, -0.15) is 0 Å². The minimum atomic E-state index is 0.221. The third-order valence-corrected chi connectivity index (χ3v) is 2.65. The fourth-order valence-electron chi connectivity index (χ4n) is 1.46. The van der Waals surface area contributed by atoms with Gasteiger partial charge in [-0.05, 0) is 25.7 Å². The van der Waals surface area contributed by atoms with Crippen LogP contribution in [0, 0.1) is 11.3 Å². The smallest absolute Gasteiger partial charge is 0.165 e. The summed E-state index contributed by atoms with van der Waals surface area (Å²) >= 11 is 0. The first-order chi connectivity index (χ1) is 5.99. The summed E-state index contributed by atoms with van der Waals surface area (Å²) in [6, 6.07) is 0. The summed E-state index contributed by atoms with van der Waals surface area (Å²) in [5, 5.41) is 0. The summed E-state index contributed by atoms with van der Waals surface area (Å²) in [6.07, 6.45) is 2.60. The lowest BCUT2D eigenvalue weighted by Crippen LogP contribution is -2.07. The van der Waals surface area contributed by atoms with Gasteiger partial charge in [0.25, 0.3) is 0 Å². The van der Waals surface area contributed by atoms with E-state index in [0.29, 0.717) is 6.61 Å². The maximum Gasteiger partial charge on any atom is 0.165 e. The third kappa shape index (κ3) is 2.33. The fraction of sp³-hybridized carbons (Fsp3) is 0.727. The van der Waals surface area contributed by atoms with Crippen LogP contribution in [0.1, 0.15) is 34.1 Å². The molecule has 1 fully saturated rings. The van der Waals surface area contributed by atoms with Crippen LogP contribution in [-0.4, -0.2) is 12.4 Å². The molecule has 2 heteroatoms. The zero-order valence-corrected chi connectivity index (χ0v) is 8.89. The second-order valence-corrected chi connectivity index (χ2v) is 4.37. The third-order valence-electron chi connectivity index (χ3n) is 2.65. The van der Waals surface area contributed by atoms with Crippen LogP contribution in [0.2, 0.25) is 0 Å². The van der Waals surface area contributed by atoms with E-state index in [1.54, 1.807) is 6.26 Å². The van der Waals surface area contributed by atoms with E-state index in [4.69, 9.17) is 4.74 Å². The average Bonchev–Trinajstić information content (AvgIpc) is 2.69. The lowest BCUT2D eigenvalue weighted by atomic mass is 10.0. The highest BCUT2D eigenvalue weighted by molar-refractivity contribution is 5.98. The van der Waals surface area contributed by atoms with Gasteiger partial charge in [-0.15, -0.1) is 0 Å². The summed E-state index contributed by atoms with van der Waals surface area (Å²) < 4.78 is 5.08. The van der Waals surface area contributed by atoms with Gasteiger partial charge >= 0.3 is 0 Å². The zero-order valence-electron chi connectivity index (χ0n) is 8.89. The fourth-order valence-corrected chi connectivity index (χ4v) is 1.46. The molecule has 0 aromatic heterocycles. The Labute approximate surface area is 80.0 Å². The quantitative estimate of drug-likeness (QED) is 0.493. The zero-order chi connectivity index (χ0) is 10.1. The normalized spacial score (nSPS) is 25.5. The number of ether oxygens (including phenoxy) is 1. The van der Waals surface area contributed by atoms with Crippen molar-refractivity contribution in [3.05, 3.63) is 11.8 Å². The van der Waals surface area contributed by atoms with Gasteiger partial charge in [0.2, 0.25) is 0 Å². The molecule has 1 unspecified atom stereocenters. The van der Waals surface area contributed by atoms with E-state index in [9.17, 15) is 4.79 Å². The molecular formula is C11H18O2. The van der Waals surface area contributed by atoms with Crippen LogP contribution in [0.5, 0.6) is 0 Å². The van der Waals surface area contributed by atoms with E-state index in [-0.39, 0.29) is 17.1 Å². The number of hydrogen-bond donors (Lipinski definition) is 0. The van der Waals surface area contributed by atoms with E-state index in [2.05, 4.69) is 13.8 Å². The minimum absolute atomic E-state index is 0.221. The van der Waals surface area contributed by atoms with Gasteiger partial charge in [-0.1, -0.05) is 13.8 Å². The van der Waals surface area contributed by atoms with Gasteiger partial charge in [0.15, 0.2) is 5.78 Å². The number of rotatable bonds is 4. The van der Waals surface area contributed by atoms with Crippen LogP contribution in [0.3, 0.4) is 0 Å². The Morgan fingerprint density at radius 3 is 2.54 bits per heavy atom. The topological polar surface area (TPSA) is 26.3 Å². The molecule has 0 heterocycles. The van der Waals surface area contributed by atoms with E-state index in [1.807, 2.05) is 13.8 Å². The predicted molar refractivity (Wildman–Crippen MR) is 52.3 cm³/mol. The molecule has 74 valence electrons. The van der Waals surface area contributed by atoms with Crippen LogP contribution in [0.25, 0.3) is 0 Å². The second kappa shape index (κ2) is 3.52. The minimum Gasteiger partial charge on any atom is -0.501 e. The van der Waals surface area contributed by atoms with E-state index < -0.39 is 0 Å². The molecule has 2 nitrogen and oxygen atoms in total. The maximum absolute atomic E-state index is 11.7. The molecule has 0 N–H and O–H groups in total. The first-order valence-electron chi connectivity index (χ1n) is 4.81. The van der Waals surface area contributed by atoms with Crippen LogP contribution in [0.4, 0.5) is 0 Å². The molecule has 1 atom stereocenters. The van der Waals surface area contributed by atoms with Crippen molar-refractivity contribution in [3.8, 4) is 0 Å². The summed E-state index contributed by atoms with van der Waals surface area (Å²) in [7, 11) is 0. The molecule has 0 amide bonds. The molecule has 0 spiro atoms. The van der Waals surface area contributed by atoms with Crippen molar-refractivity contribution < 1.29 is 9.53 Å². The number of allylic oxidation sites excluding steroid dienone is 1. The van der Waals surface area contributed by atoms with Crippen molar-refractivity contribution in [2.75, 3.05) is 6.61 Å². The van der Waals surface area contributed by atoms with Gasteiger partial charge in [0.05, 0.1) is 12.9 Å². The Hall–Kier alpha value is -0.790. The van der Waals surface area contributed by atoms with E-state index in [0.717, 1.165) is 12.0 Å². The summed E-state index contributed by atoms with van der Waals surface area (Å²) in [5.41, 5.74) is 0.968. The van der Waals surface area contributed by atoms with Gasteiger partial charge in [0, 0.05) is 11.5 Å². The first kappa shape index (κ1) is 10.3. The van der Waals surface area contributed by atoms with Gasteiger partial charge in [0.1, 0.15) is 0 Å². The molecule has 13 heavy (non-hydrogen) atoms. The van der Waals surface area contributed by atoms with Crippen molar-refractivity contribution >= 4 is 5.78 Å². The Kier molecular flexibility index (Phi) is 2.79. The van der Waals surface area contributed by atoms with E-state index in [1.165, 1.54) is 0 Å². The first-order valence-corrected chi connectivity index (χ1v) is 4.81. The summed E-state index contributed by atoms with van der Waals surface area (Å²) in [5.74, 6) is 0.475. The largest absolute Gasteiger partial charge is 0.501 e. The Morgan fingerprint density at radius 1 is 1.62 bits per heavy atom. The SMILES string of the molecule is CCO/C=C(\C)C(=O)C1CC1(C)C. The monoisotopic (exact) mass is 182 g/mol. The van der Waals surface area contributed by atoms with Gasteiger partial charge in [-0.25, -0.2) is 0 Å². The van der Waals surface area contributed by atoms with Crippen LogP contribution >= 0.6 is 0 Å². The molecule has 1 aliphatic rings. The Morgan fingerprint density at radius 2 is 2.15 bits per heavy atom. The highest BCUT2D eigenvalue weighted by atomic mass is 16.5. The Bertz CT molecular complexity index is 238. The van der Waals surface area contributed by atoms with Crippen molar-refractivity contribution in [3.63, 3.8) is 0 Å². The number of ketones is 1. The molecule has 1 aliphatic carbocycles. The standard InChI is InChI=1S/C11H18O2/c1-5-13-7-8(2)10(12)9-6-11(9,3)4/h7,9H,5-6H2,1-4H3/b8-7+. The lowest BCUT2D eigenvalue weighted by molar-refractivity contribution is -0.117. The van der Waals surface area contributed by atoms with Gasteiger partial charge < -0.3 is 4.74 Å². The molecular weight excluding hydrogens is 164 g/mol. The summed E-state index contributed by atoms with van der Waals surface area (Å²) in [4.78, 5) is 11.7. The van der Waals surface area contributed by atoms with Gasteiger partial charge in [-0.3, -0.25) is 4.79 Å². The van der Waals surface area contributed by atoms with Crippen LogP contribution < -0.4 is 0 Å². The highest BCUT2D eigenvalue weighted by Gasteiger charge is 2.50. The number of carbonyl (C=O) groups is 1. The Balaban J connectivity index is 2.50. The van der Waals surface area contributed by atoms with Crippen LogP contribution in [-0.2, 0) is 9.53 Å². The predicted octanol–water partition coefficient (Wildman–Crippen LogP) is 2.54. The number of carbonyl (C=O) groups excluding carboxylic acids is 1. The van der Waals surface area contributed by atoms with Crippen molar-refractivity contribution in [2.24, 2.45) is 11.3 Å². The average molecular weight is 182 g/mol. The molecule has 0 aromatic carbocycles. The molecule has 0 saturated heterocycles. The second-order valence-electron chi connectivity index (χ2n) is 4.37. The van der Waals surface area contributed by atoms with E-state index >= 15 is 0 Å². The maximum atomic E-state index is 11.7. The number of hydrogen-bond acceptors (Lipinski definition) is 2. The molecule has 0 aliphatic heterocycles. The highest BCUT2D eigenvalue weighted by Crippen LogP contribution is 2.52. The molecule has 1 rings (SSSR count). The molecule has 0 radical (unpaired) electrons. The van der Waals surface area contributed by atoms with Crippen molar-refractivity contribution in [1.82, 2.24) is 0 Å². The molecule has 0 bridgehead atoms. The lowest BCUT2D eigenvalue weighted by Gasteiger charge is -2.03. The molecule has 1 saturated carbocycles. The van der Waals surface area contributed by atoms with Crippen molar-refractivity contribution in [1.29, 1.82) is 0 Å². The van der Waals surface area contributed by atoms with Crippen molar-refractivity contribution in [2.45, 2.75) is 34.1 Å². The number of Topliss-reactive ketones (excluding diaryl/α,β-unsaturated/α-hetero) is 1. The van der Waals surface area contributed by atoms with Crippen LogP contribution in [0.15, 0.2) is 11.8 Å². The molecule has 0 aromatic rings.